The number of anilines is 1. The number of hydrogen-bond donors (Lipinski definition) is 2. The van der Waals surface area contributed by atoms with Crippen LogP contribution in [0.4, 0.5) is 10.5 Å². The molecule has 98 valence electrons. The van der Waals surface area contributed by atoms with Gasteiger partial charge in [-0.15, -0.1) is 0 Å². The van der Waals surface area contributed by atoms with E-state index in [1.165, 1.54) is 0 Å². The van der Waals surface area contributed by atoms with Crippen molar-refractivity contribution in [3.05, 3.63) is 58.8 Å². The van der Waals surface area contributed by atoms with Gasteiger partial charge in [0, 0.05) is 22.6 Å². The summed E-state index contributed by atoms with van der Waals surface area (Å²) in [4.78, 5) is 15.9. The largest absolute Gasteiger partial charge is 0.331 e. The lowest BCUT2D eigenvalue weighted by Gasteiger charge is -2.14. The summed E-state index contributed by atoms with van der Waals surface area (Å²) >= 11 is 3.36. The lowest BCUT2D eigenvalue weighted by molar-refractivity contribution is 0.249. The van der Waals surface area contributed by atoms with Crippen molar-refractivity contribution < 1.29 is 4.79 Å². The second-order valence-corrected chi connectivity index (χ2v) is 5.03. The van der Waals surface area contributed by atoms with E-state index >= 15 is 0 Å². The maximum absolute atomic E-state index is 11.8. The maximum Gasteiger partial charge on any atom is 0.319 e. The fraction of sp³-hybridized carbons (Fsp3) is 0.143. The molecule has 2 N–H and O–H groups in total. The molecule has 1 heterocycles. The van der Waals surface area contributed by atoms with Crippen molar-refractivity contribution in [3.63, 3.8) is 0 Å². The van der Waals surface area contributed by atoms with E-state index in [1.807, 2.05) is 43.3 Å². The molecule has 0 saturated heterocycles. The van der Waals surface area contributed by atoms with E-state index in [-0.39, 0.29) is 12.1 Å². The molecule has 0 bridgehead atoms. The summed E-state index contributed by atoms with van der Waals surface area (Å²) in [6.45, 7) is 1.91. The van der Waals surface area contributed by atoms with E-state index in [1.54, 1.807) is 12.4 Å². The van der Waals surface area contributed by atoms with Gasteiger partial charge in [-0.05, 0) is 36.8 Å². The number of hydrogen-bond acceptors (Lipinski definition) is 2. The van der Waals surface area contributed by atoms with Gasteiger partial charge in [-0.25, -0.2) is 4.79 Å². The molecule has 1 aromatic carbocycles. The fourth-order valence-corrected chi connectivity index (χ4v) is 2.04. The van der Waals surface area contributed by atoms with Crippen LogP contribution in [-0.4, -0.2) is 11.0 Å². The van der Waals surface area contributed by atoms with Crippen LogP contribution in [0, 0.1) is 0 Å². The Kier molecular flexibility index (Phi) is 4.52. The zero-order chi connectivity index (χ0) is 13.7. The van der Waals surface area contributed by atoms with Gasteiger partial charge in [0.1, 0.15) is 0 Å². The molecule has 1 atom stereocenters. The Balaban J connectivity index is 1.95. The van der Waals surface area contributed by atoms with Crippen LogP contribution >= 0.6 is 15.9 Å². The van der Waals surface area contributed by atoms with E-state index in [0.29, 0.717) is 0 Å². The summed E-state index contributed by atoms with van der Waals surface area (Å²) in [6, 6.07) is 10.9. The van der Waals surface area contributed by atoms with Gasteiger partial charge in [0.25, 0.3) is 0 Å². The van der Waals surface area contributed by atoms with Crippen molar-refractivity contribution in [1.29, 1.82) is 0 Å². The summed E-state index contributed by atoms with van der Waals surface area (Å²) < 4.78 is 0.922. The number of carbonyl (C=O) groups is 1. The first kappa shape index (κ1) is 13.5. The second kappa shape index (κ2) is 6.33. The molecule has 2 rings (SSSR count). The molecule has 0 aliphatic heterocycles. The number of aromatic nitrogens is 1. The van der Waals surface area contributed by atoms with Gasteiger partial charge in [-0.2, -0.15) is 0 Å². The number of nitrogens with one attached hydrogen (secondary N) is 2. The third-order valence-electron chi connectivity index (χ3n) is 2.61. The number of nitrogens with zero attached hydrogens (tertiary/aromatic N) is 1. The highest BCUT2D eigenvalue weighted by Crippen LogP contribution is 2.16. The van der Waals surface area contributed by atoms with Gasteiger partial charge >= 0.3 is 6.03 Å². The minimum atomic E-state index is -0.241. The van der Waals surface area contributed by atoms with Crippen molar-refractivity contribution >= 4 is 27.6 Å². The monoisotopic (exact) mass is 319 g/mol. The highest BCUT2D eigenvalue weighted by Gasteiger charge is 2.09. The molecule has 0 unspecified atom stereocenters. The fourth-order valence-electron chi connectivity index (χ4n) is 1.65. The van der Waals surface area contributed by atoms with Crippen LogP contribution in [-0.2, 0) is 0 Å². The van der Waals surface area contributed by atoms with Crippen LogP contribution < -0.4 is 10.6 Å². The first-order valence-corrected chi connectivity index (χ1v) is 6.67. The Morgan fingerprint density at radius 3 is 2.84 bits per heavy atom. The number of halogens is 1. The quantitative estimate of drug-likeness (QED) is 0.905. The first-order chi connectivity index (χ1) is 9.15. The minimum absolute atomic E-state index is 0.0964. The molecule has 2 aromatic rings. The molecule has 5 heteroatoms. The summed E-state index contributed by atoms with van der Waals surface area (Å²) in [5.74, 6) is 0. The normalized spacial score (nSPS) is 11.7. The molecule has 0 fully saturated rings. The Morgan fingerprint density at radius 1 is 1.32 bits per heavy atom. The third kappa shape index (κ3) is 4.06. The SMILES string of the molecule is C[C@H](NC(=O)Nc1cccc(Br)c1)c1cccnc1. The number of carbonyl (C=O) groups excluding carboxylic acids is 1. The molecule has 0 spiro atoms. The molecule has 4 nitrogen and oxygen atoms in total. The van der Waals surface area contributed by atoms with Gasteiger partial charge in [0.15, 0.2) is 0 Å². The molecule has 0 aliphatic carbocycles. The van der Waals surface area contributed by atoms with Crippen LogP contribution in [0.1, 0.15) is 18.5 Å². The molecule has 2 amide bonds. The molecule has 19 heavy (non-hydrogen) atoms. The lowest BCUT2D eigenvalue weighted by atomic mass is 10.1. The number of benzene rings is 1. The molecule has 0 saturated carbocycles. The average molecular weight is 320 g/mol. The number of amides is 2. The predicted molar refractivity (Wildman–Crippen MR) is 78.9 cm³/mol. The van der Waals surface area contributed by atoms with Crippen LogP contribution in [0.3, 0.4) is 0 Å². The van der Waals surface area contributed by atoms with Crippen LogP contribution in [0.15, 0.2) is 53.3 Å². The van der Waals surface area contributed by atoms with E-state index in [2.05, 4.69) is 31.5 Å². The summed E-state index contributed by atoms with van der Waals surface area (Å²) in [7, 11) is 0. The van der Waals surface area contributed by atoms with Gasteiger partial charge in [0.05, 0.1) is 6.04 Å². The van der Waals surface area contributed by atoms with E-state index in [0.717, 1.165) is 15.7 Å². The average Bonchev–Trinajstić information content (AvgIpc) is 2.39. The Morgan fingerprint density at radius 2 is 2.16 bits per heavy atom. The van der Waals surface area contributed by atoms with Crippen LogP contribution in [0.5, 0.6) is 0 Å². The van der Waals surface area contributed by atoms with Crippen molar-refractivity contribution in [2.75, 3.05) is 5.32 Å². The lowest BCUT2D eigenvalue weighted by Crippen LogP contribution is -2.31. The van der Waals surface area contributed by atoms with Crippen molar-refractivity contribution in [2.24, 2.45) is 0 Å². The van der Waals surface area contributed by atoms with E-state index < -0.39 is 0 Å². The van der Waals surface area contributed by atoms with Crippen molar-refractivity contribution in [1.82, 2.24) is 10.3 Å². The van der Waals surface area contributed by atoms with Gasteiger partial charge in [-0.3, -0.25) is 4.98 Å². The Bertz CT molecular complexity index is 560. The van der Waals surface area contributed by atoms with Gasteiger partial charge in [-0.1, -0.05) is 28.1 Å². The Labute approximate surface area is 120 Å². The predicted octanol–water partition coefficient (Wildman–Crippen LogP) is 3.73. The first-order valence-electron chi connectivity index (χ1n) is 5.88. The second-order valence-electron chi connectivity index (χ2n) is 4.12. The third-order valence-corrected chi connectivity index (χ3v) is 3.11. The standard InChI is InChI=1S/C14H14BrN3O/c1-10(11-4-3-7-16-9-11)17-14(19)18-13-6-2-5-12(15)8-13/h2-10H,1H3,(H2,17,18,19)/t10-/m0/s1. The maximum atomic E-state index is 11.8. The molecule has 0 radical (unpaired) electrons. The van der Waals surface area contributed by atoms with E-state index in [9.17, 15) is 4.79 Å². The zero-order valence-electron chi connectivity index (χ0n) is 10.4. The highest BCUT2D eigenvalue weighted by atomic mass is 79.9. The minimum Gasteiger partial charge on any atom is -0.331 e. The number of rotatable bonds is 3. The van der Waals surface area contributed by atoms with Gasteiger partial charge < -0.3 is 10.6 Å². The molecule has 0 aliphatic rings. The molecular weight excluding hydrogens is 306 g/mol. The van der Waals surface area contributed by atoms with Crippen molar-refractivity contribution in [3.8, 4) is 0 Å². The molecular formula is C14H14BrN3O. The molecule has 1 aromatic heterocycles. The number of pyridine rings is 1. The van der Waals surface area contributed by atoms with Gasteiger partial charge in [0.2, 0.25) is 0 Å². The smallest absolute Gasteiger partial charge is 0.319 e. The topological polar surface area (TPSA) is 54.0 Å². The van der Waals surface area contributed by atoms with Crippen LogP contribution in [0.2, 0.25) is 0 Å². The summed E-state index contributed by atoms with van der Waals surface area (Å²) in [6.07, 6.45) is 3.45. The Hall–Kier alpha value is -1.88. The highest BCUT2D eigenvalue weighted by molar-refractivity contribution is 9.10. The summed E-state index contributed by atoms with van der Waals surface area (Å²) in [5.41, 5.74) is 1.71. The van der Waals surface area contributed by atoms with E-state index in [4.69, 9.17) is 0 Å². The van der Waals surface area contributed by atoms with Crippen molar-refractivity contribution in [2.45, 2.75) is 13.0 Å². The summed E-state index contributed by atoms with van der Waals surface area (Å²) in [5, 5.41) is 5.64. The number of urea groups is 1. The zero-order valence-corrected chi connectivity index (χ0v) is 12.0. The van der Waals surface area contributed by atoms with Crippen LogP contribution in [0.25, 0.3) is 0 Å².